The highest BCUT2D eigenvalue weighted by atomic mass is 32.2. The lowest BCUT2D eigenvalue weighted by Crippen LogP contribution is -2.72. The van der Waals surface area contributed by atoms with Crippen LogP contribution in [0.3, 0.4) is 0 Å². The zero-order chi connectivity index (χ0) is 18.9. The van der Waals surface area contributed by atoms with Gasteiger partial charge in [-0.15, -0.1) is 0 Å². The molecule has 2 atom stereocenters. The molecule has 140 valence electrons. The van der Waals surface area contributed by atoms with Gasteiger partial charge in [-0.25, -0.2) is 0 Å². The summed E-state index contributed by atoms with van der Waals surface area (Å²) < 4.78 is 32.3. The van der Waals surface area contributed by atoms with Crippen molar-refractivity contribution in [3.63, 3.8) is 0 Å². The molecule has 0 radical (unpaired) electrons. The minimum Gasteiger partial charge on any atom is -0.402 e. The Kier molecular flexibility index (Phi) is 3.68. The first-order valence-corrected chi connectivity index (χ1v) is 10.3. The van der Waals surface area contributed by atoms with Gasteiger partial charge in [0.15, 0.2) is 0 Å². The van der Waals surface area contributed by atoms with Gasteiger partial charge in [0.2, 0.25) is 0 Å². The summed E-state index contributed by atoms with van der Waals surface area (Å²) in [7, 11) is -4.20. The summed E-state index contributed by atoms with van der Waals surface area (Å²) in [5.41, 5.74) is 9.27. The molecule has 1 aliphatic heterocycles. The average molecular weight is 375 g/mol. The van der Waals surface area contributed by atoms with E-state index in [1.165, 1.54) is 6.07 Å². The molecule has 5 N–H and O–H groups in total. The SMILES string of the molecule is CC(N)=CC(=N)C12CC(C3CNC3c3cc(S(=O)(=O)O)ccc3C)(C1)C2. The third-order valence-electron chi connectivity index (χ3n) is 6.64. The van der Waals surface area contributed by atoms with Crippen molar-refractivity contribution in [3.05, 3.63) is 41.1 Å². The smallest absolute Gasteiger partial charge is 0.294 e. The molecule has 4 aliphatic rings. The number of aryl methyl sites for hydroxylation is 1. The van der Waals surface area contributed by atoms with E-state index in [1.807, 2.05) is 13.8 Å². The predicted molar refractivity (Wildman–Crippen MR) is 99.6 cm³/mol. The monoisotopic (exact) mass is 375 g/mol. The van der Waals surface area contributed by atoms with Crippen molar-refractivity contribution in [1.82, 2.24) is 5.32 Å². The lowest BCUT2D eigenvalue weighted by atomic mass is 9.29. The van der Waals surface area contributed by atoms with E-state index in [4.69, 9.17) is 11.1 Å². The highest BCUT2D eigenvalue weighted by molar-refractivity contribution is 7.85. The van der Waals surface area contributed by atoms with Gasteiger partial charge >= 0.3 is 0 Å². The quantitative estimate of drug-likeness (QED) is 0.466. The molecule has 2 bridgehead atoms. The summed E-state index contributed by atoms with van der Waals surface area (Å²) in [4.78, 5) is -0.0510. The molecule has 1 heterocycles. The summed E-state index contributed by atoms with van der Waals surface area (Å²) in [6.45, 7) is 4.69. The van der Waals surface area contributed by atoms with Crippen LogP contribution in [0.15, 0.2) is 34.9 Å². The zero-order valence-corrected chi connectivity index (χ0v) is 15.9. The lowest BCUT2D eigenvalue weighted by Gasteiger charge is -2.76. The first-order chi connectivity index (χ1) is 12.1. The predicted octanol–water partition coefficient (Wildman–Crippen LogP) is 2.55. The number of hydrogen-bond donors (Lipinski definition) is 4. The Bertz CT molecular complexity index is 912. The van der Waals surface area contributed by atoms with E-state index in [9.17, 15) is 13.0 Å². The van der Waals surface area contributed by atoms with Crippen LogP contribution in [0.4, 0.5) is 0 Å². The van der Waals surface area contributed by atoms with Crippen molar-refractivity contribution in [2.24, 2.45) is 22.5 Å². The second-order valence-corrected chi connectivity index (χ2v) is 9.88. The van der Waals surface area contributed by atoms with Crippen LogP contribution in [0.2, 0.25) is 0 Å². The average Bonchev–Trinajstić information content (AvgIpc) is 2.39. The molecule has 3 saturated carbocycles. The first-order valence-electron chi connectivity index (χ1n) is 8.91. The molecular formula is C19H25N3O3S. The van der Waals surface area contributed by atoms with E-state index in [2.05, 4.69) is 5.32 Å². The largest absolute Gasteiger partial charge is 0.402 e. The number of rotatable bonds is 5. The summed E-state index contributed by atoms with van der Waals surface area (Å²) in [5.74, 6) is 0.440. The van der Waals surface area contributed by atoms with Crippen LogP contribution in [-0.2, 0) is 10.1 Å². The Balaban J connectivity index is 1.53. The molecule has 26 heavy (non-hydrogen) atoms. The Hall–Kier alpha value is -1.70. The highest BCUT2D eigenvalue weighted by Gasteiger charge is 2.73. The van der Waals surface area contributed by atoms with Crippen molar-refractivity contribution in [3.8, 4) is 0 Å². The maximum Gasteiger partial charge on any atom is 0.294 e. The van der Waals surface area contributed by atoms with E-state index in [0.29, 0.717) is 17.3 Å². The van der Waals surface area contributed by atoms with Crippen LogP contribution in [-0.4, -0.2) is 25.2 Å². The molecule has 5 rings (SSSR count). The molecule has 7 heteroatoms. The molecule has 1 aromatic carbocycles. The van der Waals surface area contributed by atoms with Gasteiger partial charge in [0.1, 0.15) is 0 Å². The summed E-state index contributed by atoms with van der Waals surface area (Å²) >= 11 is 0. The minimum absolute atomic E-state index is 0.00605. The van der Waals surface area contributed by atoms with E-state index in [1.54, 1.807) is 18.2 Å². The van der Waals surface area contributed by atoms with Gasteiger partial charge < -0.3 is 16.5 Å². The topological polar surface area (TPSA) is 116 Å². The van der Waals surface area contributed by atoms with Crippen LogP contribution in [0, 0.1) is 29.1 Å². The molecule has 4 fully saturated rings. The van der Waals surface area contributed by atoms with E-state index in [-0.39, 0.29) is 21.8 Å². The van der Waals surface area contributed by atoms with Crippen LogP contribution in [0.1, 0.15) is 43.4 Å². The number of nitrogens with one attached hydrogen (secondary N) is 2. The fourth-order valence-electron chi connectivity index (χ4n) is 5.29. The lowest BCUT2D eigenvalue weighted by molar-refractivity contribution is -0.214. The van der Waals surface area contributed by atoms with E-state index < -0.39 is 10.1 Å². The van der Waals surface area contributed by atoms with Gasteiger partial charge in [-0.2, -0.15) is 8.42 Å². The third kappa shape index (κ3) is 2.45. The molecular weight excluding hydrogens is 350 g/mol. The normalized spacial score (nSPS) is 35.9. The summed E-state index contributed by atoms with van der Waals surface area (Å²) in [6, 6.07) is 4.90. The number of hydrogen-bond acceptors (Lipinski definition) is 5. The molecule has 0 spiro atoms. The van der Waals surface area contributed by atoms with Gasteiger partial charge in [-0.3, -0.25) is 4.55 Å². The summed E-state index contributed by atoms with van der Waals surface area (Å²) in [5, 5.41) is 11.7. The number of nitrogens with two attached hydrogens (primary N) is 1. The molecule has 1 saturated heterocycles. The maximum atomic E-state index is 11.5. The molecule has 0 aromatic heterocycles. The van der Waals surface area contributed by atoms with Crippen molar-refractivity contribution >= 4 is 15.8 Å². The Morgan fingerprint density at radius 1 is 1.38 bits per heavy atom. The van der Waals surface area contributed by atoms with Crippen LogP contribution in [0.25, 0.3) is 0 Å². The van der Waals surface area contributed by atoms with Crippen molar-refractivity contribution in [2.45, 2.75) is 44.0 Å². The van der Waals surface area contributed by atoms with Gasteiger partial charge in [-0.05, 0) is 73.8 Å². The summed E-state index contributed by atoms with van der Waals surface area (Å²) in [6.07, 6.45) is 4.83. The Morgan fingerprint density at radius 2 is 2.04 bits per heavy atom. The molecule has 3 aliphatic carbocycles. The maximum absolute atomic E-state index is 11.5. The number of allylic oxidation sites excluding steroid dienone is 2. The fraction of sp³-hybridized carbons (Fsp3) is 0.526. The van der Waals surface area contributed by atoms with Crippen molar-refractivity contribution in [2.75, 3.05) is 6.54 Å². The van der Waals surface area contributed by atoms with Gasteiger partial charge in [0.05, 0.1) is 4.90 Å². The Morgan fingerprint density at radius 3 is 2.54 bits per heavy atom. The third-order valence-corrected chi connectivity index (χ3v) is 7.49. The van der Waals surface area contributed by atoms with E-state index >= 15 is 0 Å². The number of benzene rings is 1. The van der Waals surface area contributed by atoms with Crippen molar-refractivity contribution < 1.29 is 13.0 Å². The highest BCUT2D eigenvalue weighted by Crippen LogP contribution is 2.78. The second kappa shape index (κ2) is 5.41. The molecule has 0 amide bonds. The van der Waals surface area contributed by atoms with Gasteiger partial charge in [0.25, 0.3) is 10.1 Å². The molecule has 1 aromatic rings. The molecule has 6 nitrogen and oxygen atoms in total. The van der Waals surface area contributed by atoms with Crippen LogP contribution < -0.4 is 11.1 Å². The second-order valence-electron chi connectivity index (χ2n) is 8.46. The van der Waals surface area contributed by atoms with Gasteiger partial charge in [-0.1, -0.05) is 6.07 Å². The zero-order valence-electron chi connectivity index (χ0n) is 15.0. The minimum atomic E-state index is -4.20. The Labute approximate surface area is 154 Å². The van der Waals surface area contributed by atoms with Crippen LogP contribution >= 0.6 is 0 Å². The first kappa shape index (κ1) is 17.7. The van der Waals surface area contributed by atoms with Gasteiger partial charge in [0, 0.05) is 29.4 Å². The standard InChI is InChI=1S/C19H25N3O3S/c1-11-3-4-13(26(23,24)25)6-14(11)17-15(7-22-17)18-8-19(9-18,10-18)16(21)5-12(2)20/h3-6,15,17,21-22H,7-10,20H2,1-2H3,(H,23,24,25). The molecule has 2 unspecified atom stereocenters. The van der Waals surface area contributed by atoms with Crippen molar-refractivity contribution in [1.29, 1.82) is 5.41 Å². The fourth-order valence-corrected chi connectivity index (χ4v) is 5.81. The van der Waals surface area contributed by atoms with E-state index in [0.717, 1.165) is 36.9 Å². The van der Waals surface area contributed by atoms with Crippen LogP contribution in [0.5, 0.6) is 0 Å².